The number of carbonyl (C=O) groups excluding carboxylic acids is 1. The molecule has 0 spiro atoms. The molecule has 0 aliphatic carbocycles. The van der Waals surface area contributed by atoms with Crippen LogP contribution in [0.2, 0.25) is 0 Å². The van der Waals surface area contributed by atoms with Gasteiger partial charge in [0.15, 0.2) is 0 Å². The van der Waals surface area contributed by atoms with Crippen LogP contribution < -0.4 is 16.6 Å². The molecule has 1 aromatic carbocycles. The summed E-state index contributed by atoms with van der Waals surface area (Å²) >= 11 is 0. The van der Waals surface area contributed by atoms with Crippen molar-refractivity contribution in [3.63, 3.8) is 0 Å². The fraction of sp³-hybridized carbons (Fsp3) is 0.353. The molecule has 0 fully saturated rings. The number of carbonyl (C=O) groups is 1. The number of hydrogen-bond donors (Lipinski definition) is 2. The highest BCUT2D eigenvalue weighted by Gasteiger charge is 2.06. The van der Waals surface area contributed by atoms with Crippen LogP contribution in [0, 0.1) is 0 Å². The SMILES string of the molecule is CC(OCCCNC(=O)Cn1ccc(=O)[nH]c1=O)c1ccccc1. The molecule has 0 bridgehead atoms. The van der Waals surface area contributed by atoms with Crippen LogP contribution in [0.1, 0.15) is 25.0 Å². The number of rotatable bonds is 8. The maximum atomic E-state index is 11.8. The Balaban J connectivity index is 1.66. The molecular weight excluding hydrogens is 310 g/mol. The van der Waals surface area contributed by atoms with E-state index >= 15 is 0 Å². The zero-order valence-corrected chi connectivity index (χ0v) is 13.5. The van der Waals surface area contributed by atoms with E-state index < -0.39 is 11.2 Å². The van der Waals surface area contributed by atoms with Gasteiger partial charge in [-0.05, 0) is 18.9 Å². The lowest BCUT2D eigenvalue weighted by Gasteiger charge is -2.13. The maximum absolute atomic E-state index is 11.8. The summed E-state index contributed by atoms with van der Waals surface area (Å²) in [6, 6.07) is 11.1. The van der Waals surface area contributed by atoms with E-state index in [1.807, 2.05) is 37.3 Å². The molecule has 2 aromatic rings. The Morgan fingerprint density at radius 1 is 1.25 bits per heavy atom. The van der Waals surface area contributed by atoms with E-state index in [9.17, 15) is 14.4 Å². The number of nitrogens with one attached hydrogen (secondary N) is 2. The first-order valence-electron chi connectivity index (χ1n) is 7.79. The topological polar surface area (TPSA) is 93.2 Å². The Morgan fingerprint density at radius 3 is 2.71 bits per heavy atom. The molecule has 24 heavy (non-hydrogen) atoms. The highest BCUT2D eigenvalue weighted by Crippen LogP contribution is 2.15. The van der Waals surface area contributed by atoms with Gasteiger partial charge in [0, 0.05) is 25.4 Å². The van der Waals surface area contributed by atoms with E-state index in [1.54, 1.807) is 0 Å². The van der Waals surface area contributed by atoms with E-state index in [0.29, 0.717) is 19.6 Å². The van der Waals surface area contributed by atoms with Gasteiger partial charge in [-0.3, -0.25) is 19.1 Å². The number of hydrogen-bond acceptors (Lipinski definition) is 4. The number of nitrogens with zero attached hydrogens (tertiary/aromatic N) is 1. The van der Waals surface area contributed by atoms with Crippen molar-refractivity contribution in [1.82, 2.24) is 14.9 Å². The number of aromatic nitrogens is 2. The molecule has 1 heterocycles. The summed E-state index contributed by atoms with van der Waals surface area (Å²) in [5.74, 6) is -0.291. The fourth-order valence-corrected chi connectivity index (χ4v) is 2.16. The minimum Gasteiger partial charge on any atom is -0.374 e. The zero-order valence-electron chi connectivity index (χ0n) is 13.5. The van der Waals surface area contributed by atoms with E-state index in [2.05, 4.69) is 10.3 Å². The van der Waals surface area contributed by atoms with Crippen molar-refractivity contribution < 1.29 is 9.53 Å². The molecule has 7 heteroatoms. The van der Waals surface area contributed by atoms with Gasteiger partial charge < -0.3 is 10.1 Å². The predicted octanol–water partition coefficient (Wildman–Crippen LogP) is 0.821. The van der Waals surface area contributed by atoms with Crippen molar-refractivity contribution in [1.29, 1.82) is 0 Å². The Bertz CT molecular complexity index is 767. The third-order valence-corrected chi connectivity index (χ3v) is 3.49. The number of ether oxygens (including phenoxy) is 1. The quantitative estimate of drug-likeness (QED) is 0.700. The normalized spacial score (nSPS) is 11.9. The van der Waals surface area contributed by atoms with E-state index in [1.165, 1.54) is 12.3 Å². The monoisotopic (exact) mass is 331 g/mol. The number of amides is 1. The molecular formula is C17H21N3O4. The van der Waals surface area contributed by atoms with Crippen molar-refractivity contribution in [3.8, 4) is 0 Å². The summed E-state index contributed by atoms with van der Waals surface area (Å²) in [5, 5.41) is 2.72. The van der Waals surface area contributed by atoms with Gasteiger partial charge in [0.05, 0.1) is 6.10 Å². The Morgan fingerprint density at radius 2 is 2.00 bits per heavy atom. The maximum Gasteiger partial charge on any atom is 0.328 e. The van der Waals surface area contributed by atoms with Gasteiger partial charge in [-0.25, -0.2) is 4.79 Å². The standard InChI is InChI=1S/C17H21N3O4/c1-13(14-6-3-2-4-7-14)24-11-5-9-18-16(22)12-20-10-8-15(21)19-17(20)23/h2-4,6-8,10,13H,5,9,11-12H2,1H3,(H,18,22)(H,19,21,23). The summed E-state index contributed by atoms with van der Waals surface area (Å²) in [5.41, 5.74) is 0.0259. The van der Waals surface area contributed by atoms with Gasteiger partial charge >= 0.3 is 5.69 Å². The van der Waals surface area contributed by atoms with Gasteiger partial charge in [0.2, 0.25) is 5.91 Å². The Hall–Kier alpha value is -2.67. The van der Waals surface area contributed by atoms with Crippen molar-refractivity contribution >= 4 is 5.91 Å². The third-order valence-electron chi connectivity index (χ3n) is 3.49. The number of benzene rings is 1. The van der Waals surface area contributed by atoms with Crippen LogP contribution in [0.5, 0.6) is 0 Å². The van der Waals surface area contributed by atoms with Gasteiger partial charge in [-0.1, -0.05) is 30.3 Å². The molecule has 1 atom stereocenters. The largest absolute Gasteiger partial charge is 0.374 e. The molecule has 0 aliphatic rings. The molecule has 0 saturated carbocycles. The zero-order chi connectivity index (χ0) is 17.4. The average molecular weight is 331 g/mol. The second-order valence-electron chi connectivity index (χ2n) is 5.37. The minimum atomic E-state index is -0.599. The molecule has 7 nitrogen and oxygen atoms in total. The van der Waals surface area contributed by atoms with Crippen LogP contribution in [0.4, 0.5) is 0 Å². The summed E-state index contributed by atoms with van der Waals surface area (Å²) in [4.78, 5) is 36.3. The first-order chi connectivity index (χ1) is 11.6. The van der Waals surface area contributed by atoms with E-state index in [-0.39, 0.29) is 18.6 Å². The fourth-order valence-electron chi connectivity index (χ4n) is 2.16. The molecule has 128 valence electrons. The van der Waals surface area contributed by atoms with Crippen LogP contribution in [0.15, 0.2) is 52.2 Å². The van der Waals surface area contributed by atoms with E-state index in [4.69, 9.17) is 4.74 Å². The van der Waals surface area contributed by atoms with Crippen molar-refractivity contribution in [2.24, 2.45) is 0 Å². The first kappa shape index (κ1) is 17.7. The Kier molecular flexibility index (Phi) is 6.51. The van der Waals surface area contributed by atoms with Crippen molar-refractivity contribution in [3.05, 3.63) is 69.0 Å². The average Bonchev–Trinajstić information content (AvgIpc) is 2.57. The van der Waals surface area contributed by atoms with Gasteiger partial charge in [0.25, 0.3) is 5.56 Å². The van der Waals surface area contributed by atoms with Crippen LogP contribution in [-0.4, -0.2) is 28.6 Å². The van der Waals surface area contributed by atoms with Gasteiger partial charge in [-0.15, -0.1) is 0 Å². The molecule has 1 unspecified atom stereocenters. The molecule has 0 saturated heterocycles. The summed E-state index contributed by atoms with van der Waals surface area (Å²) < 4.78 is 6.86. The number of aromatic amines is 1. The van der Waals surface area contributed by atoms with Crippen LogP contribution in [0.3, 0.4) is 0 Å². The van der Waals surface area contributed by atoms with Crippen molar-refractivity contribution in [2.75, 3.05) is 13.2 Å². The van der Waals surface area contributed by atoms with Crippen LogP contribution in [0.25, 0.3) is 0 Å². The Labute approximate surface area is 139 Å². The van der Waals surface area contributed by atoms with Crippen LogP contribution in [-0.2, 0) is 16.1 Å². The van der Waals surface area contributed by atoms with Crippen LogP contribution >= 0.6 is 0 Å². The lowest BCUT2D eigenvalue weighted by Crippen LogP contribution is -2.35. The summed E-state index contributed by atoms with van der Waals surface area (Å²) in [6.45, 7) is 2.83. The minimum absolute atomic E-state index is 0.00150. The highest BCUT2D eigenvalue weighted by molar-refractivity contribution is 5.75. The molecule has 0 aliphatic heterocycles. The molecule has 0 radical (unpaired) electrons. The third kappa shape index (κ3) is 5.51. The van der Waals surface area contributed by atoms with E-state index in [0.717, 1.165) is 10.1 Å². The molecule has 2 rings (SSSR count). The summed E-state index contributed by atoms with van der Waals surface area (Å²) in [6.07, 6.45) is 1.97. The molecule has 1 aromatic heterocycles. The van der Waals surface area contributed by atoms with Gasteiger partial charge in [0.1, 0.15) is 6.54 Å². The second kappa shape index (κ2) is 8.83. The second-order valence-corrected chi connectivity index (χ2v) is 5.37. The molecule has 2 N–H and O–H groups in total. The lowest BCUT2D eigenvalue weighted by molar-refractivity contribution is -0.121. The number of H-pyrrole nitrogens is 1. The predicted molar refractivity (Wildman–Crippen MR) is 89.8 cm³/mol. The highest BCUT2D eigenvalue weighted by atomic mass is 16.5. The smallest absolute Gasteiger partial charge is 0.328 e. The first-order valence-corrected chi connectivity index (χ1v) is 7.79. The van der Waals surface area contributed by atoms with Crippen molar-refractivity contribution in [2.45, 2.75) is 26.0 Å². The lowest BCUT2D eigenvalue weighted by atomic mass is 10.1. The summed E-state index contributed by atoms with van der Waals surface area (Å²) in [7, 11) is 0. The molecule has 1 amide bonds. The van der Waals surface area contributed by atoms with Gasteiger partial charge in [-0.2, -0.15) is 0 Å².